The molecule has 0 radical (unpaired) electrons. The Morgan fingerprint density at radius 3 is 0.737 bits per heavy atom. The fourth-order valence-electron chi connectivity index (χ4n) is 0.493. The molecule has 0 fully saturated rings. The van der Waals surface area contributed by atoms with E-state index in [1.165, 1.54) is 0 Å². The van der Waals surface area contributed by atoms with Crippen molar-refractivity contribution in [3.63, 3.8) is 0 Å². The largest absolute Gasteiger partial charge is 0.370 e. The van der Waals surface area contributed by atoms with Gasteiger partial charge in [0.25, 0.3) is 0 Å². The number of rotatable bonds is 6. The molecule has 4 amide bonds. The SMILES string of the molecule is NC(=O)CCC(N)=O.NC(=O)CCC(N)=O.O=S=O. The van der Waals surface area contributed by atoms with Crippen LogP contribution in [0.1, 0.15) is 25.7 Å². The Balaban J connectivity index is -0.000000224. The van der Waals surface area contributed by atoms with Gasteiger partial charge in [-0.1, -0.05) is 0 Å². The summed E-state index contributed by atoms with van der Waals surface area (Å²) in [5, 5.41) is 0. The molecular formula is C8H16N4O6S. The number of hydrogen-bond donors (Lipinski definition) is 4. The molecule has 11 heteroatoms. The highest BCUT2D eigenvalue weighted by Crippen LogP contribution is 1.83. The summed E-state index contributed by atoms with van der Waals surface area (Å²) in [5.74, 6) is -1.99. The molecule has 0 aliphatic heterocycles. The molecule has 0 aliphatic rings. The molecule has 0 aromatic rings. The smallest absolute Gasteiger partial charge is 0.335 e. The van der Waals surface area contributed by atoms with Gasteiger partial charge in [-0.05, 0) is 0 Å². The third kappa shape index (κ3) is 49.7. The van der Waals surface area contributed by atoms with E-state index in [9.17, 15) is 19.2 Å². The molecule has 0 atom stereocenters. The van der Waals surface area contributed by atoms with Crippen LogP contribution in [0.15, 0.2) is 0 Å². The number of hydrogen-bond acceptors (Lipinski definition) is 6. The van der Waals surface area contributed by atoms with Crippen molar-refractivity contribution in [2.45, 2.75) is 25.7 Å². The van der Waals surface area contributed by atoms with Gasteiger partial charge >= 0.3 is 11.6 Å². The molecule has 0 heterocycles. The van der Waals surface area contributed by atoms with Gasteiger partial charge in [-0.2, -0.15) is 8.42 Å². The van der Waals surface area contributed by atoms with E-state index in [0.717, 1.165) is 0 Å². The third-order valence-electron chi connectivity index (χ3n) is 1.24. The number of primary amides is 4. The lowest BCUT2D eigenvalue weighted by Crippen LogP contribution is -2.16. The van der Waals surface area contributed by atoms with E-state index < -0.39 is 35.2 Å². The van der Waals surface area contributed by atoms with Crippen molar-refractivity contribution in [1.82, 2.24) is 0 Å². The monoisotopic (exact) mass is 296 g/mol. The van der Waals surface area contributed by atoms with Gasteiger partial charge < -0.3 is 22.9 Å². The van der Waals surface area contributed by atoms with Crippen LogP contribution in [0, 0.1) is 0 Å². The lowest BCUT2D eigenvalue weighted by Gasteiger charge is -1.87. The maximum absolute atomic E-state index is 9.92. The summed E-state index contributed by atoms with van der Waals surface area (Å²) in [4.78, 5) is 39.7. The first kappa shape index (κ1) is 21.9. The minimum Gasteiger partial charge on any atom is -0.370 e. The highest BCUT2D eigenvalue weighted by Gasteiger charge is 1.97. The van der Waals surface area contributed by atoms with Crippen LogP contribution in [0.5, 0.6) is 0 Å². The summed E-state index contributed by atoms with van der Waals surface area (Å²) >= 11 is -0.750. The second-order valence-electron chi connectivity index (χ2n) is 2.93. The molecule has 0 aliphatic carbocycles. The standard InChI is InChI=1S/2C4H8N2O2.O2S/c2*5-3(7)1-2-4(6)8;1-3-2/h2*1-2H2,(H2,5,7)(H2,6,8);. The summed E-state index contributed by atoms with van der Waals surface area (Å²) in [6.07, 6.45) is 0.204. The Morgan fingerprint density at radius 2 is 0.684 bits per heavy atom. The second-order valence-corrected chi connectivity index (χ2v) is 3.07. The lowest BCUT2D eigenvalue weighted by atomic mass is 10.3. The van der Waals surface area contributed by atoms with Gasteiger partial charge in [-0.15, -0.1) is 0 Å². The average molecular weight is 296 g/mol. The molecule has 10 nitrogen and oxygen atoms in total. The van der Waals surface area contributed by atoms with E-state index in [1.54, 1.807) is 0 Å². The molecule has 0 bridgehead atoms. The molecule has 0 aromatic carbocycles. The summed E-state index contributed by atoms with van der Waals surface area (Å²) in [7, 11) is 0. The van der Waals surface area contributed by atoms with Crippen molar-refractivity contribution >= 4 is 35.2 Å². The van der Waals surface area contributed by atoms with E-state index in [0.29, 0.717) is 0 Å². The predicted molar refractivity (Wildman–Crippen MR) is 64.2 cm³/mol. The van der Waals surface area contributed by atoms with Crippen molar-refractivity contribution in [1.29, 1.82) is 0 Å². The van der Waals surface area contributed by atoms with Gasteiger partial charge in [0.15, 0.2) is 0 Å². The zero-order valence-electron chi connectivity index (χ0n) is 10.00. The maximum Gasteiger partial charge on any atom is 0.335 e. The molecule has 110 valence electrons. The maximum atomic E-state index is 9.92. The van der Waals surface area contributed by atoms with E-state index in [2.05, 4.69) is 0 Å². The minimum absolute atomic E-state index is 0.0509. The summed E-state index contributed by atoms with van der Waals surface area (Å²) in [5.41, 5.74) is 18.8. The Bertz CT molecular complexity index is 297. The Labute approximate surface area is 112 Å². The fourth-order valence-corrected chi connectivity index (χ4v) is 0.493. The molecule has 0 saturated heterocycles. The van der Waals surface area contributed by atoms with Crippen LogP contribution < -0.4 is 22.9 Å². The van der Waals surface area contributed by atoms with Crippen molar-refractivity contribution in [2.75, 3.05) is 0 Å². The van der Waals surface area contributed by atoms with E-state index >= 15 is 0 Å². The normalized spacial score (nSPS) is 7.79. The molecular weight excluding hydrogens is 280 g/mol. The van der Waals surface area contributed by atoms with Crippen molar-refractivity contribution in [3.8, 4) is 0 Å². The molecule has 8 N–H and O–H groups in total. The zero-order chi connectivity index (χ0) is 15.8. The van der Waals surface area contributed by atoms with E-state index in [1.807, 2.05) is 0 Å². The molecule has 0 rings (SSSR count). The first-order chi connectivity index (χ1) is 8.67. The van der Waals surface area contributed by atoms with Gasteiger partial charge in [-0.25, -0.2) is 0 Å². The van der Waals surface area contributed by atoms with Gasteiger partial charge in [0, 0.05) is 25.7 Å². The van der Waals surface area contributed by atoms with Gasteiger partial charge in [0.1, 0.15) is 0 Å². The van der Waals surface area contributed by atoms with Crippen LogP contribution >= 0.6 is 0 Å². The van der Waals surface area contributed by atoms with E-state index in [4.69, 9.17) is 31.4 Å². The highest BCUT2D eigenvalue weighted by atomic mass is 32.1. The van der Waals surface area contributed by atoms with Crippen LogP contribution in [-0.2, 0) is 30.7 Å². The third-order valence-corrected chi connectivity index (χ3v) is 1.24. The first-order valence-electron chi connectivity index (χ1n) is 4.72. The predicted octanol–water partition coefficient (Wildman–Crippen LogP) is -3.20. The summed E-state index contributed by atoms with van der Waals surface area (Å²) in [6.45, 7) is 0. The topological polar surface area (TPSA) is 206 Å². The van der Waals surface area contributed by atoms with Gasteiger partial charge in [-0.3, -0.25) is 19.2 Å². The molecule has 19 heavy (non-hydrogen) atoms. The van der Waals surface area contributed by atoms with Crippen LogP contribution in [0.3, 0.4) is 0 Å². The van der Waals surface area contributed by atoms with Crippen molar-refractivity contribution < 1.29 is 27.6 Å². The number of amides is 4. The van der Waals surface area contributed by atoms with Crippen LogP contribution in [0.4, 0.5) is 0 Å². The van der Waals surface area contributed by atoms with Gasteiger partial charge in [0.05, 0.1) is 0 Å². The van der Waals surface area contributed by atoms with Crippen LogP contribution in [0.25, 0.3) is 0 Å². The molecule has 0 unspecified atom stereocenters. The summed E-state index contributed by atoms with van der Waals surface area (Å²) in [6, 6.07) is 0. The minimum atomic E-state index is -0.750. The van der Waals surface area contributed by atoms with Gasteiger partial charge in [0.2, 0.25) is 23.6 Å². The lowest BCUT2D eigenvalue weighted by molar-refractivity contribution is -0.123. The molecule has 0 saturated carbocycles. The number of nitrogens with two attached hydrogens (primary N) is 4. The van der Waals surface area contributed by atoms with Crippen LogP contribution in [0.2, 0.25) is 0 Å². The first-order valence-corrected chi connectivity index (χ1v) is 5.39. The zero-order valence-corrected chi connectivity index (χ0v) is 10.8. The average Bonchev–Trinajstić information content (AvgIpc) is 2.25. The second kappa shape index (κ2) is 15.7. The Kier molecular flexibility index (Phi) is 18.1. The van der Waals surface area contributed by atoms with E-state index in [-0.39, 0.29) is 25.7 Å². The molecule has 0 spiro atoms. The quantitative estimate of drug-likeness (QED) is 0.396. The number of carbonyl (C=O) groups is 4. The van der Waals surface area contributed by atoms with Crippen LogP contribution in [-0.4, -0.2) is 32.0 Å². The van der Waals surface area contributed by atoms with Crippen molar-refractivity contribution in [2.24, 2.45) is 22.9 Å². The fraction of sp³-hybridized carbons (Fsp3) is 0.500. The Morgan fingerprint density at radius 1 is 0.579 bits per heavy atom. The Hall–Kier alpha value is -2.30. The number of carbonyl (C=O) groups excluding carboxylic acids is 4. The highest BCUT2D eigenvalue weighted by molar-refractivity contribution is 7.51. The molecule has 0 aromatic heterocycles. The van der Waals surface area contributed by atoms with Crippen molar-refractivity contribution in [3.05, 3.63) is 0 Å². The summed E-state index contributed by atoms with van der Waals surface area (Å²) < 4.78 is 16.6.